The number of rotatable bonds is 2. The van der Waals surface area contributed by atoms with Crippen LogP contribution < -0.4 is 10.1 Å². The normalized spacial score (nSPS) is 26.0. The fourth-order valence-corrected chi connectivity index (χ4v) is 4.45. The van der Waals surface area contributed by atoms with Crippen molar-refractivity contribution in [2.75, 3.05) is 0 Å². The highest BCUT2D eigenvalue weighted by atomic mass is 32.2. The SMILES string of the molecule is CC1(C)Cc2cc(/C=C3/SC(=NC4CCCC4)NC3=O)ccc2O1. The molecule has 1 aromatic rings. The molecule has 0 radical (unpaired) electrons. The van der Waals surface area contributed by atoms with Gasteiger partial charge in [-0.25, -0.2) is 0 Å². The van der Waals surface area contributed by atoms with E-state index in [0.29, 0.717) is 10.9 Å². The Bertz CT molecular complexity index is 746. The number of ether oxygens (including phenoxy) is 1. The standard InChI is InChI=1S/C19H22N2O2S/c1-19(2)11-13-9-12(7-8-15(13)23-19)10-16-17(22)21-18(24-16)20-14-5-3-4-6-14/h7-10,14H,3-6,11H2,1-2H3,(H,20,21,22)/b16-10+. The maximum atomic E-state index is 12.2. The highest BCUT2D eigenvalue weighted by Gasteiger charge is 2.30. The van der Waals surface area contributed by atoms with Gasteiger partial charge >= 0.3 is 0 Å². The monoisotopic (exact) mass is 342 g/mol. The molecule has 0 atom stereocenters. The van der Waals surface area contributed by atoms with Crippen LogP contribution in [0, 0.1) is 0 Å². The molecule has 0 spiro atoms. The van der Waals surface area contributed by atoms with Gasteiger partial charge in [0, 0.05) is 6.42 Å². The Morgan fingerprint density at radius 2 is 2.12 bits per heavy atom. The van der Waals surface area contributed by atoms with E-state index in [4.69, 9.17) is 4.74 Å². The third kappa shape index (κ3) is 3.22. The van der Waals surface area contributed by atoms with E-state index in [9.17, 15) is 4.79 Å². The maximum Gasteiger partial charge on any atom is 0.264 e. The fraction of sp³-hybridized carbons (Fsp3) is 0.474. The van der Waals surface area contributed by atoms with Crippen LogP contribution in [0.4, 0.5) is 0 Å². The summed E-state index contributed by atoms with van der Waals surface area (Å²) in [5.41, 5.74) is 2.10. The van der Waals surface area contributed by atoms with Crippen LogP contribution in [-0.2, 0) is 11.2 Å². The smallest absolute Gasteiger partial charge is 0.264 e. The number of amidine groups is 1. The third-order valence-electron chi connectivity index (χ3n) is 4.66. The summed E-state index contributed by atoms with van der Waals surface area (Å²) >= 11 is 1.45. The van der Waals surface area contributed by atoms with E-state index in [1.165, 1.54) is 30.2 Å². The number of nitrogens with zero attached hydrogens (tertiary/aromatic N) is 1. The molecular weight excluding hydrogens is 320 g/mol. The summed E-state index contributed by atoms with van der Waals surface area (Å²) in [4.78, 5) is 17.6. The molecule has 5 heteroatoms. The van der Waals surface area contributed by atoms with E-state index in [1.807, 2.05) is 18.2 Å². The minimum absolute atomic E-state index is 0.0474. The first kappa shape index (κ1) is 15.8. The number of aliphatic imine (C=N–C) groups is 1. The van der Waals surface area contributed by atoms with Crippen molar-refractivity contribution in [2.24, 2.45) is 4.99 Å². The zero-order valence-corrected chi connectivity index (χ0v) is 14.9. The molecule has 2 aliphatic heterocycles. The third-order valence-corrected chi connectivity index (χ3v) is 5.58. The van der Waals surface area contributed by atoms with E-state index < -0.39 is 0 Å². The zero-order valence-electron chi connectivity index (χ0n) is 14.1. The van der Waals surface area contributed by atoms with Gasteiger partial charge in [-0.2, -0.15) is 0 Å². The van der Waals surface area contributed by atoms with Crippen LogP contribution in [0.15, 0.2) is 28.1 Å². The van der Waals surface area contributed by atoms with Crippen LogP contribution in [0.2, 0.25) is 0 Å². The first-order valence-corrected chi connectivity index (χ1v) is 9.41. The van der Waals surface area contributed by atoms with Crippen LogP contribution in [0.5, 0.6) is 5.75 Å². The Labute approximate surface area is 146 Å². The average Bonchev–Trinajstić information content (AvgIpc) is 3.19. The second-order valence-electron chi connectivity index (χ2n) is 7.34. The average molecular weight is 342 g/mol. The molecule has 2 fully saturated rings. The van der Waals surface area contributed by atoms with Crippen molar-refractivity contribution in [3.05, 3.63) is 34.2 Å². The number of hydrogen-bond acceptors (Lipinski definition) is 4. The van der Waals surface area contributed by atoms with Gasteiger partial charge in [0.05, 0.1) is 10.9 Å². The quantitative estimate of drug-likeness (QED) is 0.829. The number of thioether (sulfide) groups is 1. The van der Waals surface area contributed by atoms with Crippen molar-refractivity contribution in [2.45, 2.75) is 57.6 Å². The molecule has 4 rings (SSSR count). The number of hydrogen-bond donors (Lipinski definition) is 1. The van der Waals surface area contributed by atoms with Gasteiger partial charge in [-0.05, 0) is 67.8 Å². The lowest BCUT2D eigenvalue weighted by molar-refractivity contribution is -0.115. The van der Waals surface area contributed by atoms with Crippen LogP contribution in [0.1, 0.15) is 50.7 Å². The van der Waals surface area contributed by atoms with Crippen molar-refractivity contribution in [1.29, 1.82) is 0 Å². The summed E-state index contributed by atoms with van der Waals surface area (Å²) in [5, 5.41) is 3.65. The molecule has 1 amide bonds. The number of amides is 1. The highest BCUT2D eigenvalue weighted by Crippen LogP contribution is 2.36. The summed E-state index contributed by atoms with van der Waals surface area (Å²) in [7, 11) is 0. The molecular formula is C19H22N2O2S. The number of benzene rings is 1. The Hall–Kier alpha value is -1.75. The van der Waals surface area contributed by atoms with Crippen molar-refractivity contribution < 1.29 is 9.53 Å². The molecule has 3 aliphatic rings. The largest absolute Gasteiger partial charge is 0.487 e. The first-order valence-electron chi connectivity index (χ1n) is 8.59. The lowest BCUT2D eigenvalue weighted by atomic mass is 10.00. The second kappa shape index (κ2) is 5.96. The molecule has 1 aliphatic carbocycles. The minimum Gasteiger partial charge on any atom is -0.487 e. The number of nitrogens with one attached hydrogen (secondary N) is 1. The lowest BCUT2D eigenvalue weighted by Crippen LogP contribution is -2.24. The van der Waals surface area contributed by atoms with Crippen molar-refractivity contribution in [3.63, 3.8) is 0 Å². The molecule has 1 aromatic carbocycles. The molecule has 2 heterocycles. The van der Waals surface area contributed by atoms with E-state index in [-0.39, 0.29) is 11.5 Å². The molecule has 0 bridgehead atoms. The Kier molecular flexibility index (Phi) is 3.91. The van der Waals surface area contributed by atoms with Crippen molar-refractivity contribution >= 4 is 28.9 Å². The molecule has 0 unspecified atom stereocenters. The Morgan fingerprint density at radius 3 is 2.92 bits per heavy atom. The predicted molar refractivity (Wildman–Crippen MR) is 98.3 cm³/mol. The summed E-state index contributed by atoms with van der Waals surface area (Å²) in [6, 6.07) is 6.51. The molecule has 1 saturated heterocycles. The van der Waals surface area contributed by atoms with Crippen LogP contribution in [0.3, 0.4) is 0 Å². The Balaban J connectivity index is 1.53. The summed E-state index contributed by atoms with van der Waals surface area (Å²) in [5.74, 6) is 0.906. The highest BCUT2D eigenvalue weighted by molar-refractivity contribution is 8.18. The lowest BCUT2D eigenvalue weighted by Gasteiger charge is -2.16. The van der Waals surface area contributed by atoms with E-state index in [0.717, 1.165) is 35.7 Å². The van der Waals surface area contributed by atoms with Crippen LogP contribution in [0.25, 0.3) is 6.08 Å². The fourth-order valence-electron chi connectivity index (χ4n) is 3.56. The Morgan fingerprint density at radius 1 is 1.33 bits per heavy atom. The van der Waals surface area contributed by atoms with Crippen LogP contribution >= 0.6 is 11.8 Å². The van der Waals surface area contributed by atoms with Gasteiger partial charge in [-0.3, -0.25) is 9.79 Å². The second-order valence-corrected chi connectivity index (χ2v) is 8.37. The van der Waals surface area contributed by atoms with Gasteiger partial charge in [0.2, 0.25) is 0 Å². The molecule has 1 saturated carbocycles. The molecule has 4 nitrogen and oxygen atoms in total. The minimum atomic E-state index is -0.144. The first-order chi connectivity index (χ1) is 11.5. The predicted octanol–water partition coefficient (Wildman–Crippen LogP) is 3.90. The number of carbonyl (C=O) groups excluding carboxylic acids is 1. The van der Waals surface area contributed by atoms with E-state index >= 15 is 0 Å². The number of carbonyl (C=O) groups is 1. The van der Waals surface area contributed by atoms with Gasteiger partial charge in [0.25, 0.3) is 5.91 Å². The van der Waals surface area contributed by atoms with Gasteiger partial charge in [0.15, 0.2) is 5.17 Å². The van der Waals surface area contributed by atoms with Gasteiger partial charge in [-0.1, -0.05) is 18.9 Å². The molecule has 126 valence electrons. The topological polar surface area (TPSA) is 50.7 Å². The molecule has 24 heavy (non-hydrogen) atoms. The number of fused-ring (bicyclic) bond motifs is 1. The summed E-state index contributed by atoms with van der Waals surface area (Å²) in [6.07, 6.45) is 7.61. The van der Waals surface area contributed by atoms with E-state index in [1.54, 1.807) is 0 Å². The summed E-state index contributed by atoms with van der Waals surface area (Å²) < 4.78 is 5.91. The van der Waals surface area contributed by atoms with Crippen molar-refractivity contribution in [3.8, 4) is 5.75 Å². The summed E-state index contributed by atoms with van der Waals surface area (Å²) in [6.45, 7) is 4.19. The van der Waals surface area contributed by atoms with E-state index in [2.05, 4.69) is 30.2 Å². The zero-order chi connectivity index (χ0) is 16.7. The molecule has 1 N–H and O–H groups in total. The van der Waals surface area contributed by atoms with Crippen molar-refractivity contribution in [1.82, 2.24) is 5.32 Å². The maximum absolute atomic E-state index is 12.2. The van der Waals surface area contributed by atoms with Gasteiger partial charge in [0.1, 0.15) is 11.4 Å². The van der Waals surface area contributed by atoms with Crippen LogP contribution in [-0.4, -0.2) is 22.7 Å². The molecule has 0 aromatic heterocycles. The van der Waals surface area contributed by atoms with Gasteiger partial charge in [-0.15, -0.1) is 0 Å². The van der Waals surface area contributed by atoms with Gasteiger partial charge < -0.3 is 10.1 Å².